The average molecular weight is 305 g/mol. The van der Waals surface area contributed by atoms with Crippen LogP contribution in [0.2, 0.25) is 0 Å². The Hall–Kier alpha value is -1.10. The van der Waals surface area contributed by atoms with Crippen molar-refractivity contribution in [2.24, 2.45) is 17.8 Å². The van der Waals surface area contributed by atoms with Crippen LogP contribution in [0.15, 0.2) is 23.6 Å². The van der Waals surface area contributed by atoms with Crippen LogP contribution in [0.1, 0.15) is 39.5 Å². The summed E-state index contributed by atoms with van der Waals surface area (Å²) in [6.45, 7) is 4.09. The molecule has 2 aliphatic rings. The van der Waals surface area contributed by atoms with E-state index < -0.39 is 0 Å². The van der Waals surface area contributed by atoms with Crippen LogP contribution in [0.3, 0.4) is 0 Å². The van der Waals surface area contributed by atoms with Gasteiger partial charge in [-0.2, -0.15) is 0 Å². The first-order valence-electron chi connectivity index (χ1n) is 7.87. The largest absolute Gasteiger partial charge is 0.352 e. The number of hydrogen-bond acceptors (Lipinski definition) is 4. The van der Waals surface area contributed by atoms with Gasteiger partial charge in [-0.1, -0.05) is 18.2 Å². The second kappa shape index (κ2) is 6.34. The maximum atomic E-state index is 12.3. The van der Waals surface area contributed by atoms with Crippen molar-refractivity contribution in [2.45, 2.75) is 56.0 Å². The highest BCUT2D eigenvalue weighted by Gasteiger charge is 2.42. The standard InChI is InChI=1S/C16H23N3OS/c1-10(14-9-12-4-5-13(14)8-12)19-15(20)11(2)21-16-17-6-3-7-18-16/h3,6-7,10-14H,4-5,8-9H2,1-2H3,(H,19,20)/t10-,11+,12+,13+,14+/m1/s1. The Morgan fingerprint density at radius 1 is 1.29 bits per heavy atom. The maximum absolute atomic E-state index is 12.3. The Kier molecular flexibility index (Phi) is 4.48. The monoisotopic (exact) mass is 305 g/mol. The summed E-state index contributed by atoms with van der Waals surface area (Å²) in [6.07, 6.45) is 8.86. The van der Waals surface area contributed by atoms with Crippen LogP contribution in [0, 0.1) is 17.8 Å². The van der Waals surface area contributed by atoms with Gasteiger partial charge in [0.2, 0.25) is 5.91 Å². The van der Waals surface area contributed by atoms with Gasteiger partial charge in [-0.3, -0.25) is 4.79 Å². The Balaban J connectivity index is 1.51. The van der Waals surface area contributed by atoms with Crippen LogP contribution in [0.5, 0.6) is 0 Å². The van der Waals surface area contributed by atoms with E-state index in [1.807, 2.05) is 6.92 Å². The third kappa shape index (κ3) is 3.39. The maximum Gasteiger partial charge on any atom is 0.233 e. The molecule has 2 bridgehead atoms. The quantitative estimate of drug-likeness (QED) is 0.671. The number of hydrogen-bond donors (Lipinski definition) is 1. The van der Waals surface area contributed by atoms with Gasteiger partial charge in [-0.15, -0.1) is 0 Å². The van der Waals surface area contributed by atoms with Crippen molar-refractivity contribution in [1.82, 2.24) is 15.3 Å². The highest BCUT2D eigenvalue weighted by Crippen LogP contribution is 2.49. The van der Waals surface area contributed by atoms with Crippen molar-refractivity contribution in [1.29, 1.82) is 0 Å². The van der Waals surface area contributed by atoms with E-state index in [1.165, 1.54) is 37.4 Å². The van der Waals surface area contributed by atoms with Gasteiger partial charge >= 0.3 is 0 Å². The topological polar surface area (TPSA) is 54.9 Å². The molecule has 3 rings (SSSR count). The second-order valence-electron chi connectivity index (χ2n) is 6.43. The first kappa shape index (κ1) is 14.8. The summed E-state index contributed by atoms with van der Waals surface area (Å²) in [4.78, 5) is 20.7. The Labute approximate surface area is 130 Å². The zero-order valence-electron chi connectivity index (χ0n) is 12.7. The molecule has 1 aromatic heterocycles. The van der Waals surface area contributed by atoms with Crippen LogP contribution in [-0.2, 0) is 4.79 Å². The number of thioether (sulfide) groups is 1. The van der Waals surface area contributed by atoms with Crippen molar-refractivity contribution in [2.75, 3.05) is 0 Å². The molecule has 1 heterocycles. The van der Waals surface area contributed by atoms with Gasteiger partial charge in [0.15, 0.2) is 5.16 Å². The summed E-state index contributed by atoms with van der Waals surface area (Å²) in [7, 11) is 0. The molecule has 0 radical (unpaired) electrons. The first-order valence-corrected chi connectivity index (χ1v) is 8.75. The van der Waals surface area contributed by atoms with Gasteiger partial charge in [-0.05, 0) is 56.9 Å². The number of fused-ring (bicyclic) bond motifs is 2. The molecule has 0 aromatic carbocycles. The lowest BCUT2D eigenvalue weighted by Crippen LogP contribution is -2.43. The molecular weight excluding hydrogens is 282 g/mol. The van der Waals surface area contributed by atoms with E-state index in [2.05, 4.69) is 22.2 Å². The molecule has 2 aliphatic carbocycles. The minimum absolute atomic E-state index is 0.0997. The van der Waals surface area contributed by atoms with E-state index >= 15 is 0 Å². The lowest BCUT2D eigenvalue weighted by molar-refractivity contribution is -0.121. The van der Waals surface area contributed by atoms with Crippen molar-refractivity contribution >= 4 is 17.7 Å². The normalized spacial score (nSPS) is 30.1. The van der Waals surface area contributed by atoms with Crippen LogP contribution >= 0.6 is 11.8 Å². The number of carbonyl (C=O) groups excluding carboxylic acids is 1. The van der Waals surface area contributed by atoms with Gasteiger partial charge in [0.25, 0.3) is 0 Å². The molecule has 0 aliphatic heterocycles. The van der Waals surface area contributed by atoms with E-state index in [4.69, 9.17) is 0 Å². The third-order valence-electron chi connectivity index (χ3n) is 5.00. The summed E-state index contributed by atoms with van der Waals surface area (Å²) in [5.41, 5.74) is 0. The summed E-state index contributed by atoms with van der Waals surface area (Å²) < 4.78 is 0. The summed E-state index contributed by atoms with van der Waals surface area (Å²) in [5.74, 6) is 2.54. The SMILES string of the molecule is C[C@H](Sc1ncccn1)C(=O)N[C@H](C)[C@@H]1C[C@H]2CC[C@H]1C2. The Morgan fingerprint density at radius 2 is 2.05 bits per heavy atom. The smallest absolute Gasteiger partial charge is 0.233 e. The van der Waals surface area contributed by atoms with E-state index in [-0.39, 0.29) is 17.2 Å². The molecule has 2 fully saturated rings. The predicted octanol–water partition coefficient (Wildman–Crippen LogP) is 2.90. The first-order chi connectivity index (χ1) is 10.1. The van der Waals surface area contributed by atoms with Gasteiger partial charge in [0.05, 0.1) is 5.25 Å². The minimum atomic E-state index is -0.159. The van der Waals surface area contributed by atoms with Gasteiger partial charge in [0, 0.05) is 18.4 Å². The Morgan fingerprint density at radius 3 is 2.67 bits per heavy atom. The molecule has 114 valence electrons. The molecule has 1 aromatic rings. The zero-order valence-corrected chi connectivity index (χ0v) is 13.5. The second-order valence-corrected chi connectivity index (χ2v) is 7.74. The summed E-state index contributed by atoms with van der Waals surface area (Å²) >= 11 is 1.42. The molecule has 0 unspecified atom stereocenters. The summed E-state index contributed by atoms with van der Waals surface area (Å²) in [6, 6.07) is 2.07. The fraction of sp³-hybridized carbons (Fsp3) is 0.688. The third-order valence-corrected chi connectivity index (χ3v) is 5.99. The van der Waals surface area contributed by atoms with E-state index in [1.54, 1.807) is 18.5 Å². The zero-order chi connectivity index (χ0) is 14.8. The van der Waals surface area contributed by atoms with Crippen molar-refractivity contribution < 1.29 is 4.79 Å². The van der Waals surface area contributed by atoms with Crippen LogP contribution in [0.25, 0.3) is 0 Å². The van der Waals surface area contributed by atoms with Crippen LogP contribution < -0.4 is 5.32 Å². The molecule has 1 N–H and O–H groups in total. The highest BCUT2D eigenvalue weighted by atomic mass is 32.2. The molecule has 0 spiro atoms. The predicted molar refractivity (Wildman–Crippen MR) is 83.9 cm³/mol. The molecule has 21 heavy (non-hydrogen) atoms. The van der Waals surface area contributed by atoms with E-state index in [0.717, 1.165) is 11.8 Å². The fourth-order valence-corrected chi connectivity index (χ4v) is 4.65. The molecule has 4 nitrogen and oxygen atoms in total. The molecule has 2 saturated carbocycles. The Bertz CT molecular complexity index is 496. The number of nitrogens with zero attached hydrogens (tertiary/aromatic N) is 2. The molecule has 0 saturated heterocycles. The van der Waals surface area contributed by atoms with Crippen molar-refractivity contribution in [3.8, 4) is 0 Å². The van der Waals surface area contributed by atoms with Crippen LogP contribution in [-0.4, -0.2) is 27.2 Å². The summed E-state index contributed by atoms with van der Waals surface area (Å²) in [5, 5.41) is 3.71. The number of amides is 1. The van der Waals surface area contributed by atoms with Crippen molar-refractivity contribution in [3.63, 3.8) is 0 Å². The highest BCUT2D eigenvalue weighted by molar-refractivity contribution is 8.00. The average Bonchev–Trinajstić information content (AvgIpc) is 3.11. The molecule has 1 amide bonds. The lowest BCUT2D eigenvalue weighted by atomic mass is 9.84. The molecule has 5 atom stereocenters. The van der Waals surface area contributed by atoms with E-state index in [0.29, 0.717) is 11.1 Å². The van der Waals surface area contributed by atoms with Crippen LogP contribution in [0.4, 0.5) is 0 Å². The van der Waals surface area contributed by atoms with Gasteiger partial charge in [-0.25, -0.2) is 9.97 Å². The fourth-order valence-electron chi connectivity index (χ4n) is 3.91. The van der Waals surface area contributed by atoms with E-state index in [9.17, 15) is 4.79 Å². The molecular formula is C16H23N3OS. The van der Waals surface area contributed by atoms with Gasteiger partial charge in [0.1, 0.15) is 0 Å². The lowest BCUT2D eigenvalue weighted by Gasteiger charge is -2.29. The number of carbonyl (C=O) groups is 1. The number of nitrogens with one attached hydrogen (secondary N) is 1. The number of aromatic nitrogens is 2. The number of rotatable bonds is 5. The minimum Gasteiger partial charge on any atom is -0.352 e. The molecule has 5 heteroatoms. The van der Waals surface area contributed by atoms with Gasteiger partial charge < -0.3 is 5.32 Å². The van der Waals surface area contributed by atoms with Crippen molar-refractivity contribution in [3.05, 3.63) is 18.5 Å².